The molecule has 6 heteroatoms. The van der Waals surface area contributed by atoms with Gasteiger partial charge in [0.15, 0.2) is 0 Å². The van der Waals surface area contributed by atoms with Gasteiger partial charge in [-0.1, -0.05) is 55.3 Å². The Morgan fingerprint density at radius 2 is 1.46 bits per heavy atom. The van der Waals surface area contributed by atoms with E-state index in [1.54, 1.807) is 0 Å². The van der Waals surface area contributed by atoms with Crippen LogP contribution in [0, 0.1) is 0 Å². The molecule has 1 fully saturated rings. The summed E-state index contributed by atoms with van der Waals surface area (Å²) in [6.07, 6.45) is 6.38. The van der Waals surface area contributed by atoms with Crippen LogP contribution in [0.2, 0.25) is 0 Å². The Hall–Kier alpha value is -2.86. The molecule has 1 saturated carbocycles. The molecule has 0 spiro atoms. The molecule has 0 amide bonds. The number of hydrogen-bond donors (Lipinski definition) is 3. The van der Waals surface area contributed by atoms with Crippen LogP contribution in [0.1, 0.15) is 36.8 Å². The van der Waals surface area contributed by atoms with Crippen LogP contribution in [0.5, 0.6) is 5.75 Å². The van der Waals surface area contributed by atoms with Crippen molar-refractivity contribution in [2.24, 2.45) is 0 Å². The van der Waals surface area contributed by atoms with Crippen molar-refractivity contribution in [3.05, 3.63) is 65.7 Å². The lowest BCUT2D eigenvalue weighted by Gasteiger charge is -2.12. The number of rotatable bonds is 7. The van der Waals surface area contributed by atoms with Crippen molar-refractivity contribution in [1.29, 1.82) is 0 Å². The molecule has 2 aromatic carbocycles. The van der Waals surface area contributed by atoms with Gasteiger partial charge in [-0.25, -0.2) is 9.59 Å². The zero-order valence-corrected chi connectivity index (χ0v) is 15.8. The van der Waals surface area contributed by atoms with Gasteiger partial charge in [0.05, 0.1) is 0 Å². The number of nitrogens with one attached hydrogen (secondary N) is 1. The second-order valence-corrected chi connectivity index (χ2v) is 6.70. The van der Waals surface area contributed by atoms with Gasteiger partial charge in [-0.05, 0) is 42.5 Å². The number of aliphatic carboxylic acids is 2. The summed E-state index contributed by atoms with van der Waals surface area (Å²) >= 11 is 0. The van der Waals surface area contributed by atoms with Crippen LogP contribution in [0.4, 0.5) is 0 Å². The van der Waals surface area contributed by atoms with Gasteiger partial charge < -0.3 is 20.3 Å². The van der Waals surface area contributed by atoms with E-state index in [4.69, 9.17) is 24.5 Å². The summed E-state index contributed by atoms with van der Waals surface area (Å²) in [5.41, 5.74) is 2.67. The Balaban J connectivity index is 0.000000409. The lowest BCUT2D eigenvalue weighted by molar-refractivity contribution is -0.159. The minimum atomic E-state index is -1.82. The molecule has 0 aromatic heterocycles. The predicted molar refractivity (Wildman–Crippen MR) is 107 cm³/mol. The van der Waals surface area contributed by atoms with Gasteiger partial charge in [-0.15, -0.1) is 0 Å². The molecule has 0 unspecified atom stereocenters. The second-order valence-electron chi connectivity index (χ2n) is 6.70. The van der Waals surface area contributed by atoms with E-state index >= 15 is 0 Å². The summed E-state index contributed by atoms with van der Waals surface area (Å²) in [5, 5.41) is 18.4. The Bertz CT molecular complexity index is 712. The smallest absolute Gasteiger partial charge is 0.414 e. The van der Waals surface area contributed by atoms with Crippen molar-refractivity contribution < 1.29 is 24.5 Å². The summed E-state index contributed by atoms with van der Waals surface area (Å²) in [6.45, 7) is 1.69. The van der Waals surface area contributed by atoms with E-state index in [9.17, 15) is 0 Å². The van der Waals surface area contributed by atoms with Crippen LogP contribution in [0.25, 0.3) is 0 Å². The molecule has 150 valence electrons. The summed E-state index contributed by atoms with van der Waals surface area (Å²) < 4.78 is 5.81. The van der Waals surface area contributed by atoms with E-state index in [-0.39, 0.29) is 0 Å². The van der Waals surface area contributed by atoms with Crippen LogP contribution in [-0.2, 0) is 16.0 Å². The minimum Gasteiger partial charge on any atom is -0.492 e. The Morgan fingerprint density at radius 1 is 0.893 bits per heavy atom. The quantitative estimate of drug-likeness (QED) is 0.500. The summed E-state index contributed by atoms with van der Waals surface area (Å²) in [4.78, 5) is 18.2. The van der Waals surface area contributed by atoms with Gasteiger partial charge in [0, 0.05) is 12.6 Å². The van der Waals surface area contributed by atoms with Gasteiger partial charge in [0.1, 0.15) is 12.4 Å². The number of benzene rings is 2. The van der Waals surface area contributed by atoms with E-state index in [1.807, 2.05) is 0 Å². The van der Waals surface area contributed by atoms with E-state index in [0.29, 0.717) is 0 Å². The van der Waals surface area contributed by atoms with Crippen LogP contribution in [0.15, 0.2) is 54.6 Å². The van der Waals surface area contributed by atoms with E-state index in [1.165, 1.54) is 36.8 Å². The number of carbonyl (C=O) groups is 2. The van der Waals surface area contributed by atoms with E-state index in [2.05, 4.69) is 59.9 Å². The summed E-state index contributed by atoms with van der Waals surface area (Å²) in [5.74, 6) is -2.69. The molecular weight excluding hydrogens is 358 g/mol. The maximum Gasteiger partial charge on any atom is 0.414 e. The highest BCUT2D eigenvalue weighted by atomic mass is 16.5. The molecule has 2 aromatic rings. The standard InChI is InChI=1S/C20H25NO.C2H2O4/c1-2-6-17(7-3-1)16-18-10-12-20(13-11-18)22-15-14-21-19-8-4-5-9-19;3-1(4)2(5)6/h1-3,6-7,10-13,19,21H,4-5,8-9,14-16H2;(H,3,4)(H,5,6). The Morgan fingerprint density at radius 3 is 2.04 bits per heavy atom. The van der Waals surface area contributed by atoms with Crippen LogP contribution < -0.4 is 10.1 Å². The molecule has 3 rings (SSSR count). The van der Waals surface area contributed by atoms with E-state index in [0.717, 1.165) is 31.4 Å². The molecular formula is C22H27NO5. The highest BCUT2D eigenvalue weighted by Crippen LogP contribution is 2.18. The first-order valence-electron chi connectivity index (χ1n) is 9.50. The molecule has 6 nitrogen and oxygen atoms in total. The van der Waals surface area contributed by atoms with Crippen molar-refractivity contribution in [3.63, 3.8) is 0 Å². The molecule has 0 bridgehead atoms. The van der Waals surface area contributed by atoms with Crippen LogP contribution in [0.3, 0.4) is 0 Å². The lowest BCUT2D eigenvalue weighted by atomic mass is 10.1. The molecule has 0 radical (unpaired) electrons. The first-order chi connectivity index (χ1) is 13.5. The molecule has 28 heavy (non-hydrogen) atoms. The van der Waals surface area contributed by atoms with Gasteiger partial charge in [0.2, 0.25) is 0 Å². The maximum absolute atomic E-state index is 9.10. The third kappa shape index (κ3) is 8.22. The lowest BCUT2D eigenvalue weighted by Crippen LogP contribution is -2.30. The summed E-state index contributed by atoms with van der Waals surface area (Å²) in [7, 11) is 0. The predicted octanol–water partition coefficient (Wildman–Crippen LogP) is 3.34. The SMILES string of the molecule is O=C(O)C(=O)O.c1ccc(Cc2ccc(OCCNC3CCCC3)cc2)cc1. The van der Waals surface area contributed by atoms with Crippen molar-refractivity contribution in [1.82, 2.24) is 5.32 Å². The third-order valence-corrected chi connectivity index (χ3v) is 4.52. The molecule has 0 heterocycles. The normalized spacial score (nSPS) is 13.4. The average molecular weight is 385 g/mol. The monoisotopic (exact) mass is 385 g/mol. The topological polar surface area (TPSA) is 95.9 Å². The fraction of sp³-hybridized carbons (Fsp3) is 0.364. The Labute approximate surface area is 165 Å². The first-order valence-corrected chi connectivity index (χ1v) is 9.50. The van der Waals surface area contributed by atoms with Crippen molar-refractivity contribution >= 4 is 11.9 Å². The zero-order valence-electron chi connectivity index (χ0n) is 15.8. The zero-order chi connectivity index (χ0) is 20.2. The average Bonchev–Trinajstić information content (AvgIpc) is 3.21. The van der Waals surface area contributed by atoms with Crippen LogP contribution >= 0.6 is 0 Å². The number of ether oxygens (including phenoxy) is 1. The van der Waals surface area contributed by atoms with Gasteiger partial charge in [0.25, 0.3) is 0 Å². The van der Waals surface area contributed by atoms with Crippen molar-refractivity contribution in [3.8, 4) is 5.75 Å². The van der Waals surface area contributed by atoms with Gasteiger partial charge >= 0.3 is 11.9 Å². The first kappa shape index (κ1) is 21.4. The third-order valence-electron chi connectivity index (χ3n) is 4.52. The Kier molecular flexibility index (Phi) is 9.01. The summed E-state index contributed by atoms with van der Waals surface area (Å²) in [6, 6.07) is 19.8. The van der Waals surface area contributed by atoms with Crippen molar-refractivity contribution in [2.75, 3.05) is 13.2 Å². The highest BCUT2D eigenvalue weighted by Gasteiger charge is 2.13. The highest BCUT2D eigenvalue weighted by molar-refractivity contribution is 6.27. The molecule has 1 aliphatic carbocycles. The fourth-order valence-electron chi connectivity index (χ4n) is 3.10. The molecule has 0 aliphatic heterocycles. The molecule has 0 saturated heterocycles. The minimum absolute atomic E-state index is 0.719. The molecule has 3 N–H and O–H groups in total. The molecule has 0 atom stereocenters. The number of carboxylic acid groups (broad SMARTS) is 2. The molecule has 1 aliphatic rings. The van der Waals surface area contributed by atoms with E-state index < -0.39 is 11.9 Å². The van der Waals surface area contributed by atoms with Crippen LogP contribution in [-0.4, -0.2) is 41.3 Å². The van der Waals surface area contributed by atoms with Crippen molar-refractivity contribution in [2.45, 2.75) is 38.1 Å². The number of carboxylic acids is 2. The van der Waals surface area contributed by atoms with Gasteiger partial charge in [-0.3, -0.25) is 0 Å². The largest absolute Gasteiger partial charge is 0.492 e. The maximum atomic E-state index is 9.10. The fourth-order valence-corrected chi connectivity index (χ4v) is 3.10. The van der Waals surface area contributed by atoms with Gasteiger partial charge in [-0.2, -0.15) is 0 Å². The second kappa shape index (κ2) is 11.8. The number of hydrogen-bond acceptors (Lipinski definition) is 4.